The Balaban J connectivity index is 2.77. The number of hydrogen-bond donors (Lipinski definition) is 3. The van der Waals surface area contributed by atoms with E-state index in [-0.39, 0.29) is 0 Å². The van der Waals surface area contributed by atoms with Crippen molar-refractivity contribution in [3.05, 3.63) is 10.4 Å². The second kappa shape index (κ2) is 4.54. The van der Waals surface area contributed by atoms with Crippen LogP contribution in [0.3, 0.4) is 0 Å². The van der Waals surface area contributed by atoms with Crippen LogP contribution in [0.2, 0.25) is 0 Å². The zero-order valence-corrected chi connectivity index (χ0v) is 7.06. The number of nitrogens with zero attached hydrogens (tertiary/aromatic N) is 3. The molecular formula is C6H10FN3O4. The molecule has 7 nitrogen and oxygen atoms in total. The molecule has 1 aliphatic rings. The molecule has 3 N–H and O–H groups in total. The highest BCUT2D eigenvalue weighted by atomic mass is 19.1. The molecule has 0 bridgehead atoms. The maximum Gasteiger partial charge on any atom is 0.170 e. The highest BCUT2D eigenvalue weighted by Crippen LogP contribution is 2.24. The number of azide groups is 1. The van der Waals surface area contributed by atoms with Gasteiger partial charge >= 0.3 is 0 Å². The minimum absolute atomic E-state index is 0.595. The predicted octanol–water partition coefficient (Wildman–Crippen LogP) is -0.926. The molecule has 0 saturated carbocycles. The fourth-order valence-electron chi connectivity index (χ4n) is 1.20. The molecule has 0 aromatic carbocycles. The van der Waals surface area contributed by atoms with Crippen molar-refractivity contribution in [1.29, 1.82) is 0 Å². The molecule has 8 heteroatoms. The quantitative estimate of drug-likeness (QED) is 0.308. The second-order valence-corrected chi connectivity index (χ2v) is 2.88. The molecule has 0 spiro atoms. The first-order valence-electron chi connectivity index (χ1n) is 3.92. The molecule has 14 heavy (non-hydrogen) atoms. The van der Waals surface area contributed by atoms with Gasteiger partial charge in [-0.05, 0) is 5.53 Å². The third-order valence-electron chi connectivity index (χ3n) is 1.99. The lowest BCUT2D eigenvalue weighted by molar-refractivity contribution is -0.210. The average Bonchev–Trinajstić information content (AvgIpc) is 2.19. The van der Waals surface area contributed by atoms with Gasteiger partial charge in [0.15, 0.2) is 12.4 Å². The molecular weight excluding hydrogens is 197 g/mol. The molecule has 80 valence electrons. The van der Waals surface area contributed by atoms with Crippen LogP contribution in [0.4, 0.5) is 4.39 Å². The molecule has 1 saturated heterocycles. The number of alkyl halides is 1. The summed E-state index contributed by atoms with van der Waals surface area (Å²) in [5.74, 6) is 0. The van der Waals surface area contributed by atoms with E-state index in [1.54, 1.807) is 0 Å². The molecule has 0 unspecified atom stereocenters. The van der Waals surface area contributed by atoms with Crippen molar-refractivity contribution < 1.29 is 24.4 Å². The fraction of sp³-hybridized carbons (Fsp3) is 1.00. The Morgan fingerprint density at radius 2 is 2.07 bits per heavy atom. The summed E-state index contributed by atoms with van der Waals surface area (Å²) in [5, 5.41) is 30.0. The van der Waals surface area contributed by atoms with E-state index in [2.05, 4.69) is 10.0 Å². The minimum atomic E-state index is -2.00. The number of rotatable bonds is 2. The zero-order valence-electron chi connectivity index (χ0n) is 7.06. The molecule has 5 atom stereocenters. The standard InChI is InChI=1S/C6H10FN3O4/c7-3-5(13)4(12)2(1-11)14-6(3)9-10-8/h2-6,11-13H,1H2/t2-,3-,4-,5-,6-/m1/s1. The largest absolute Gasteiger partial charge is 0.394 e. The highest BCUT2D eigenvalue weighted by Gasteiger charge is 2.44. The maximum absolute atomic E-state index is 13.1. The Bertz CT molecular complexity index is 245. The monoisotopic (exact) mass is 207 g/mol. The first-order valence-corrected chi connectivity index (χ1v) is 3.92. The van der Waals surface area contributed by atoms with Crippen molar-refractivity contribution in [1.82, 2.24) is 0 Å². The summed E-state index contributed by atoms with van der Waals surface area (Å²) in [6, 6.07) is 0. The van der Waals surface area contributed by atoms with E-state index in [9.17, 15) is 9.50 Å². The third kappa shape index (κ3) is 1.94. The Hall–Kier alpha value is -0.920. The number of aliphatic hydroxyl groups excluding tert-OH is 3. The molecule has 0 aliphatic carbocycles. The van der Waals surface area contributed by atoms with Crippen molar-refractivity contribution in [2.24, 2.45) is 5.11 Å². The van der Waals surface area contributed by atoms with E-state index in [4.69, 9.17) is 20.5 Å². The van der Waals surface area contributed by atoms with Crippen LogP contribution < -0.4 is 0 Å². The van der Waals surface area contributed by atoms with Gasteiger partial charge in [-0.15, -0.1) is 0 Å². The van der Waals surface area contributed by atoms with Gasteiger partial charge < -0.3 is 20.1 Å². The van der Waals surface area contributed by atoms with Crippen LogP contribution in [-0.2, 0) is 4.74 Å². The van der Waals surface area contributed by atoms with E-state index in [1.165, 1.54) is 0 Å². The highest BCUT2D eigenvalue weighted by molar-refractivity contribution is 4.91. The summed E-state index contributed by atoms with van der Waals surface area (Å²) in [6.45, 7) is -0.595. The lowest BCUT2D eigenvalue weighted by atomic mass is 10.00. The van der Waals surface area contributed by atoms with Crippen LogP contribution in [0.1, 0.15) is 0 Å². The topological polar surface area (TPSA) is 119 Å². The van der Waals surface area contributed by atoms with Crippen molar-refractivity contribution >= 4 is 0 Å². The molecule has 0 aromatic heterocycles. The van der Waals surface area contributed by atoms with Gasteiger partial charge in [0.1, 0.15) is 18.3 Å². The fourth-order valence-corrected chi connectivity index (χ4v) is 1.20. The molecule has 1 heterocycles. The second-order valence-electron chi connectivity index (χ2n) is 2.88. The Morgan fingerprint density at radius 3 is 2.57 bits per heavy atom. The normalized spacial score (nSPS) is 43.0. The molecule has 1 fully saturated rings. The van der Waals surface area contributed by atoms with Crippen molar-refractivity contribution in [2.75, 3.05) is 6.61 Å². The maximum atomic E-state index is 13.1. The number of aliphatic hydroxyl groups is 3. The number of hydrogen-bond acceptors (Lipinski definition) is 5. The van der Waals surface area contributed by atoms with Crippen molar-refractivity contribution in [3.63, 3.8) is 0 Å². The zero-order chi connectivity index (χ0) is 10.7. The van der Waals surface area contributed by atoms with E-state index < -0.39 is 37.3 Å². The first-order chi connectivity index (χ1) is 6.61. The van der Waals surface area contributed by atoms with Gasteiger partial charge in [-0.25, -0.2) is 4.39 Å². The van der Waals surface area contributed by atoms with Crippen LogP contribution in [0.15, 0.2) is 5.11 Å². The van der Waals surface area contributed by atoms with Crippen molar-refractivity contribution in [3.8, 4) is 0 Å². The van der Waals surface area contributed by atoms with Crippen LogP contribution >= 0.6 is 0 Å². The summed E-state index contributed by atoms with van der Waals surface area (Å²) in [4.78, 5) is 2.32. The minimum Gasteiger partial charge on any atom is -0.394 e. The molecule has 1 aliphatic heterocycles. The van der Waals surface area contributed by atoms with Gasteiger partial charge in [0.2, 0.25) is 0 Å². The smallest absolute Gasteiger partial charge is 0.170 e. The Kier molecular flexibility index (Phi) is 3.62. The van der Waals surface area contributed by atoms with Gasteiger partial charge in [0.25, 0.3) is 0 Å². The van der Waals surface area contributed by atoms with E-state index in [0.29, 0.717) is 0 Å². The Labute approximate surface area is 78.4 Å². The number of halogens is 1. The average molecular weight is 207 g/mol. The molecule has 0 radical (unpaired) electrons. The van der Waals surface area contributed by atoms with E-state index >= 15 is 0 Å². The first kappa shape index (κ1) is 11.2. The van der Waals surface area contributed by atoms with E-state index in [0.717, 1.165) is 0 Å². The van der Waals surface area contributed by atoms with Gasteiger partial charge in [-0.3, -0.25) is 0 Å². The molecule has 1 rings (SSSR count). The third-order valence-corrected chi connectivity index (χ3v) is 1.99. The Morgan fingerprint density at radius 1 is 1.43 bits per heavy atom. The van der Waals surface area contributed by atoms with Crippen LogP contribution in [0.5, 0.6) is 0 Å². The molecule has 0 aromatic rings. The van der Waals surface area contributed by atoms with Crippen LogP contribution in [0, 0.1) is 0 Å². The SMILES string of the molecule is [N-]=[N+]=N[C@@H]1O[C@H](CO)[C@@H](O)[C@H](O)[C@H]1F. The van der Waals surface area contributed by atoms with Gasteiger partial charge in [0.05, 0.1) is 6.61 Å². The summed E-state index contributed by atoms with van der Waals surface area (Å²) >= 11 is 0. The summed E-state index contributed by atoms with van der Waals surface area (Å²) in [5.41, 5.74) is 8.05. The lowest BCUT2D eigenvalue weighted by Gasteiger charge is -2.36. The predicted molar refractivity (Wildman–Crippen MR) is 41.8 cm³/mol. The van der Waals surface area contributed by atoms with Gasteiger partial charge in [-0.1, -0.05) is 5.11 Å². The molecule has 0 amide bonds. The summed E-state index contributed by atoms with van der Waals surface area (Å²) in [6.07, 6.45) is -7.91. The van der Waals surface area contributed by atoms with Crippen LogP contribution in [-0.4, -0.2) is 52.6 Å². The summed E-state index contributed by atoms with van der Waals surface area (Å²) in [7, 11) is 0. The summed E-state index contributed by atoms with van der Waals surface area (Å²) < 4.78 is 17.8. The van der Waals surface area contributed by atoms with Crippen molar-refractivity contribution in [2.45, 2.75) is 30.7 Å². The van der Waals surface area contributed by atoms with Gasteiger partial charge in [0, 0.05) is 4.91 Å². The van der Waals surface area contributed by atoms with Gasteiger partial charge in [-0.2, -0.15) is 0 Å². The van der Waals surface area contributed by atoms with Crippen LogP contribution in [0.25, 0.3) is 10.4 Å². The van der Waals surface area contributed by atoms with E-state index in [1.807, 2.05) is 0 Å². The number of ether oxygens (including phenoxy) is 1. The lowest BCUT2D eigenvalue weighted by Crippen LogP contribution is -2.56.